The highest BCUT2D eigenvalue weighted by Crippen LogP contribution is 2.36. The van der Waals surface area contributed by atoms with E-state index in [0.29, 0.717) is 23.6 Å². The van der Waals surface area contributed by atoms with Crippen molar-refractivity contribution >= 4 is 40.9 Å². The molecule has 2 aromatic rings. The molecular weight excluding hydrogens is 396 g/mol. The molecule has 0 aliphatic carbocycles. The Kier molecular flexibility index (Phi) is 8.83. The highest BCUT2D eigenvalue weighted by atomic mass is 35.5. The van der Waals surface area contributed by atoms with Crippen molar-refractivity contribution in [3.05, 3.63) is 59.1 Å². The number of benzene rings is 2. The Balaban J connectivity index is 2.11. The minimum absolute atomic E-state index is 0.0176. The van der Waals surface area contributed by atoms with Gasteiger partial charge in [-0.05, 0) is 30.5 Å². The van der Waals surface area contributed by atoms with E-state index in [-0.39, 0.29) is 17.9 Å². The summed E-state index contributed by atoms with van der Waals surface area (Å²) in [4.78, 5) is 25.7. The summed E-state index contributed by atoms with van der Waals surface area (Å²) in [6.45, 7) is 4.07. The van der Waals surface area contributed by atoms with Crippen LogP contribution in [0.5, 0.6) is 0 Å². The second-order valence-corrected chi connectivity index (χ2v) is 8.53. The van der Waals surface area contributed by atoms with Crippen LogP contribution in [-0.2, 0) is 9.59 Å². The standard InChI is InChI=1S/C21H25ClN2O3S/c1-14(2)28-19-16(22)10-6-11-18(19)24-21(27)20(26)23-17(12-7-13-25)15-8-4-3-5-9-15/h3-6,8-11,14,17,25H,7,12-13H2,1-2H3,(H,23,26)(H,24,27)/t17-/m1/s1. The van der Waals surface area contributed by atoms with Gasteiger partial charge in [0.1, 0.15) is 0 Å². The molecule has 0 unspecified atom stereocenters. The van der Waals surface area contributed by atoms with Gasteiger partial charge in [-0.15, -0.1) is 11.8 Å². The fourth-order valence-electron chi connectivity index (χ4n) is 2.67. The van der Waals surface area contributed by atoms with Crippen LogP contribution in [0.4, 0.5) is 5.69 Å². The van der Waals surface area contributed by atoms with Gasteiger partial charge in [-0.2, -0.15) is 0 Å². The third-order valence-corrected chi connectivity index (χ3v) is 5.51. The van der Waals surface area contributed by atoms with E-state index in [1.807, 2.05) is 44.2 Å². The molecule has 0 aliphatic heterocycles. The third-order valence-electron chi connectivity index (χ3n) is 3.93. The fourth-order valence-corrected chi connectivity index (χ4v) is 3.87. The van der Waals surface area contributed by atoms with Gasteiger partial charge in [-0.1, -0.05) is 61.8 Å². The molecule has 2 amide bonds. The fraction of sp³-hybridized carbons (Fsp3) is 0.333. The van der Waals surface area contributed by atoms with E-state index >= 15 is 0 Å². The van der Waals surface area contributed by atoms with E-state index in [1.54, 1.807) is 18.2 Å². The van der Waals surface area contributed by atoms with Gasteiger partial charge in [0.05, 0.1) is 16.8 Å². The van der Waals surface area contributed by atoms with Gasteiger partial charge < -0.3 is 15.7 Å². The quantitative estimate of drug-likeness (QED) is 0.436. The van der Waals surface area contributed by atoms with E-state index in [1.165, 1.54) is 11.8 Å². The lowest BCUT2D eigenvalue weighted by molar-refractivity contribution is -0.136. The minimum Gasteiger partial charge on any atom is -0.396 e. The van der Waals surface area contributed by atoms with Crippen molar-refractivity contribution in [2.24, 2.45) is 0 Å². The van der Waals surface area contributed by atoms with Crippen molar-refractivity contribution in [1.82, 2.24) is 5.32 Å². The number of anilines is 1. The predicted octanol–water partition coefficient (Wildman–Crippen LogP) is 4.41. The van der Waals surface area contributed by atoms with Crippen LogP contribution in [0.1, 0.15) is 38.3 Å². The van der Waals surface area contributed by atoms with Crippen molar-refractivity contribution in [1.29, 1.82) is 0 Å². The summed E-state index contributed by atoms with van der Waals surface area (Å²) in [5.41, 5.74) is 1.40. The number of carbonyl (C=O) groups is 2. The molecule has 0 saturated carbocycles. The third kappa shape index (κ3) is 6.55. The van der Waals surface area contributed by atoms with E-state index in [4.69, 9.17) is 16.7 Å². The van der Waals surface area contributed by atoms with Crippen LogP contribution in [0.25, 0.3) is 0 Å². The van der Waals surface area contributed by atoms with Gasteiger partial charge in [-0.3, -0.25) is 9.59 Å². The summed E-state index contributed by atoms with van der Waals surface area (Å²) in [6.07, 6.45) is 1.05. The first-order chi connectivity index (χ1) is 13.4. The van der Waals surface area contributed by atoms with Crippen LogP contribution in [0, 0.1) is 0 Å². The maximum atomic E-state index is 12.5. The number of hydrogen-bond acceptors (Lipinski definition) is 4. The zero-order valence-corrected chi connectivity index (χ0v) is 17.5. The summed E-state index contributed by atoms with van der Waals surface area (Å²) in [5.74, 6) is -1.48. The molecule has 0 spiro atoms. The number of aliphatic hydroxyl groups excluding tert-OH is 1. The zero-order valence-electron chi connectivity index (χ0n) is 15.9. The van der Waals surface area contributed by atoms with Gasteiger partial charge in [-0.25, -0.2) is 0 Å². The van der Waals surface area contributed by atoms with Crippen LogP contribution in [0.15, 0.2) is 53.4 Å². The van der Waals surface area contributed by atoms with E-state index < -0.39 is 11.8 Å². The Morgan fingerprint density at radius 1 is 1.07 bits per heavy atom. The Labute approximate surface area is 174 Å². The Hall–Kier alpha value is -2.02. The molecule has 2 rings (SSSR count). The van der Waals surface area contributed by atoms with Crippen LogP contribution >= 0.6 is 23.4 Å². The molecule has 2 aromatic carbocycles. The van der Waals surface area contributed by atoms with E-state index in [2.05, 4.69) is 10.6 Å². The molecule has 0 fully saturated rings. The number of carbonyl (C=O) groups excluding carboxylic acids is 2. The maximum absolute atomic E-state index is 12.5. The molecule has 0 heterocycles. The summed E-state index contributed by atoms with van der Waals surface area (Å²) in [5, 5.41) is 15.3. The summed E-state index contributed by atoms with van der Waals surface area (Å²) in [7, 11) is 0. The molecule has 3 N–H and O–H groups in total. The lowest BCUT2D eigenvalue weighted by Gasteiger charge is -2.19. The predicted molar refractivity (Wildman–Crippen MR) is 115 cm³/mol. The van der Waals surface area contributed by atoms with Gasteiger partial charge >= 0.3 is 11.8 Å². The first-order valence-electron chi connectivity index (χ1n) is 9.15. The van der Waals surface area contributed by atoms with Crippen molar-refractivity contribution in [2.75, 3.05) is 11.9 Å². The average molecular weight is 421 g/mol. The number of halogens is 1. The maximum Gasteiger partial charge on any atom is 0.313 e. The van der Waals surface area contributed by atoms with E-state index in [0.717, 1.165) is 10.5 Å². The molecule has 5 nitrogen and oxygen atoms in total. The van der Waals surface area contributed by atoms with Crippen molar-refractivity contribution in [2.45, 2.75) is 42.9 Å². The first kappa shape index (κ1) is 22.3. The van der Waals surface area contributed by atoms with Gasteiger partial charge in [0.15, 0.2) is 0 Å². The summed E-state index contributed by atoms with van der Waals surface area (Å²) < 4.78 is 0. The average Bonchev–Trinajstić information content (AvgIpc) is 2.68. The smallest absolute Gasteiger partial charge is 0.313 e. The summed E-state index contributed by atoms with van der Waals surface area (Å²) >= 11 is 7.78. The van der Waals surface area contributed by atoms with E-state index in [9.17, 15) is 9.59 Å². The number of thioether (sulfide) groups is 1. The van der Waals surface area contributed by atoms with Gasteiger partial charge in [0.2, 0.25) is 0 Å². The molecule has 0 aromatic heterocycles. The monoisotopic (exact) mass is 420 g/mol. The van der Waals surface area contributed by atoms with Gasteiger partial charge in [0.25, 0.3) is 0 Å². The Bertz CT molecular complexity index is 799. The molecule has 0 aliphatic rings. The zero-order chi connectivity index (χ0) is 20.5. The molecule has 150 valence electrons. The molecule has 0 bridgehead atoms. The lowest BCUT2D eigenvalue weighted by Crippen LogP contribution is -2.38. The highest BCUT2D eigenvalue weighted by molar-refractivity contribution is 8.00. The SMILES string of the molecule is CC(C)Sc1c(Cl)cccc1NC(=O)C(=O)N[C@H](CCCO)c1ccccc1. The van der Waals surface area contributed by atoms with Crippen LogP contribution in [0.3, 0.4) is 0 Å². The normalized spacial score (nSPS) is 11.9. The second-order valence-electron chi connectivity index (χ2n) is 6.54. The number of hydrogen-bond donors (Lipinski definition) is 3. The van der Waals surface area contributed by atoms with Crippen LogP contribution < -0.4 is 10.6 Å². The van der Waals surface area contributed by atoms with Crippen molar-refractivity contribution in [3.8, 4) is 0 Å². The lowest BCUT2D eigenvalue weighted by atomic mass is 10.0. The minimum atomic E-state index is -0.752. The number of amides is 2. The number of nitrogens with one attached hydrogen (secondary N) is 2. The highest BCUT2D eigenvalue weighted by Gasteiger charge is 2.21. The van der Waals surface area contributed by atoms with Crippen LogP contribution in [0.2, 0.25) is 5.02 Å². The number of rotatable bonds is 8. The molecule has 1 atom stereocenters. The summed E-state index contributed by atoms with van der Waals surface area (Å²) in [6, 6.07) is 14.2. The largest absolute Gasteiger partial charge is 0.396 e. The van der Waals surface area contributed by atoms with Crippen molar-refractivity contribution < 1.29 is 14.7 Å². The molecular formula is C21H25ClN2O3S. The Morgan fingerprint density at radius 2 is 1.79 bits per heavy atom. The number of aliphatic hydroxyl groups is 1. The molecule has 28 heavy (non-hydrogen) atoms. The topological polar surface area (TPSA) is 78.4 Å². The molecule has 0 saturated heterocycles. The Morgan fingerprint density at radius 3 is 2.43 bits per heavy atom. The second kappa shape index (κ2) is 11.1. The van der Waals surface area contributed by atoms with Crippen LogP contribution in [-0.4, -0.2) is 28.8 Å². The molecule has 0 radical (unpaired) electrons. The molecule has 7 heteroatoms. The van der Waals surface area contributed by atoms with Gasteiger partial charge in [0, 0.05) is 16.8 Å². The first-order valence-corrected chi connectivity index (χ1v) is 10.4. The van der Waals surface area contributed by atoms with Crippen molar-refractivity contribution in [3.63, 3.8) is 0 Å².